The van der Waals surface area contributed by atoms with Gasteiger partial charge in [0, 0.05) is 13.2 Å². The molecule has 0 saturated carbocycles. The van der Waals surface area contributed by atoms with Crippen molar-refractivity contribution in [2.24, 2.45) is 5.92 Å². The Morgan fingerprint density at radius 2 is 2.00 bits per heavy atom. The maximum atomic E-state index is 11.7. The fourth-order valence-electron chi connectivity index (χ4n) is 1.65. The highest BCUT2D eigenvalue weighted by Crippen LogP contribution is 2.34. The average Bonchev–Trinajstić information content (AvgIpc) is 2.22. The van der Waals surface area contributed by atoms with Crippen molar-refractivity contribution in [1.82, 2.24) is 4.31 Å². The minimum atomic E-state index is -3.43. The number of aliphatic hydroxyl groups is 1. The van der Waals surface area contributed by atoms with Crippen LogP contribution in [0.15, 0.2) is 0 Å². The lowest BCUT2D eigenvalue weighted by molar-refractivity contribution is -0.132. The summed E-state index contributed by atoms with van der Waals surface area (Å²) in [5.41, 5.74) is 0. The zero-order chi connectivity index (χ0) is 12.6. The smallest absolute Gasteiger partial charge is 0.258 e. The van der Waals surface area contributed by atoms with E-state index in [4.69, 9.17) is 5.11 Å². The van der Waals surface area contributed by atoms with Crippen LogP contribution in [0.5, 0.6) is 0 Å². The van der Waals surface area contributed by atoms with Gasteiger partial charge in [-0.1, -0.05) is 6.92 Å². The number of hydrogen-bond donors (Lipinski definition) is 1. The maximum absolute atomic E-state index is 11.7. The molecule has 1 unspecified atom stereocenters. The monoisotopic (exact) mass is 249 g/mol. The van der Waals surface area contributed by atoms with E-state index in [0.717, 1.165) is 10.7 Å². The van der Waals surface area contributed by atoms with Gasteiger partial charge in [-0.15, -0.1) is 0 Å². The maximum Gasteiger partial charge on any atom is 0.258 e. The molecule has 1 aliphatic rings. The SMILES string of the molecule is CC(CO)CCCN1C(=O)C(C)(C)S1(=O)=O. The Kier molecular flexibility index (Phi) is 3.64. The normalized spacial score (nSPS) is 24.0. The number of carbonyl (C=O) groups is 1. The molecule has 1 saturated heterocycles. The number of rotatable bonds is 5. The van der Waals surface area contributed by atoms with Crippen LogP contribution in [-0.2, 0) is 14.8 Å². The van der Waals surface area contributed by atoms with Crippen molar-refractivity contribution in [3.8, 4) is 0 Å². The molecule has 1 atom stereocenters. The van der Waals surface area contributed by atoms with Crippen LogP contribution >= 0.6 is 0 Å². The molecule has 0 aromatic heterocycles. The first kappa shape index (κ1) is 13.4. The highest BCUT2D eigenvalue weighted by molar-refractivity contribution is 7.94. The summed E-state index contributed by atoms with van der Waals surface area (Å²) >= 11 is 0. The third-order valence-electron chi connectivity index (χ3n) is 3.05. The molecular formula is C10H19NO4S. The largest absolute Gasteiger partial charge is 0.396 e. The van der Waals surface area contributed by atoms with E-state index in [-0.39, 0.29) is 25.0 Å². The van der Waals surface area contributed by atoms with E-state index in [1.54, 1.807) is 0 Å². The van der Waals surface area contributed by atoms with Crippen LogP contribution in [0.4, 0.5) is 0 Å². The van der Waals surface area contributed by atoms with Gasteiger partial charge in [-0.25, -0.2) is 12.7 Å². The Balaban J connectivity index is 2.50. The minimum Gasteiger partial charge on any atom is -0.396 e. The summed E-state index contributed by atoms with van der Waals surface area (Å²) in [6, 6.07) is 0. The predicted molar refractivity (Wildman–Crippen MR) is 60.2 cm³/mol. The molecule has 0 bridgehead atoms. The lowest BCUT2D eigenvalue weighted by atomic mass is 10.1. The molecule has 0 aliphatic carbocycles. The summed E-state index contributed by atoms with van der Waals surface area (Å²) in [6.07, 6.45) is 1.32. The van der Waals surface area contributed by atoms with Crippen LogP contribution in [0.2, 0.25) is 0 Å². The molecule has 16 heavy (non-hydrogen) atoms. The molecule has 1 amide bonds. The molecule has 0 aromatic rings. The fourth-order valence-corrected chi connectivity index (χ4v) is 3.22. The first-order valence-corrected chi connectivity index (χ1v) is 6.86. The summed E-state index contributed by atoms with van der Waals surface area (Å²) in [5, 5.41) is 8.81. The van der Waals surface area contributed by atoms with E-state index in [0.29, 0.717) is 6.42 Å². The Morgan fingerprint density at radius 1 is 1.44 bits per heavy atom. The van der Waals surface area contributed by atoms with Gasteiger partial charge in [-0.3, -0.25) is 4.79 Å². The number of carbonyl (C=O) groups excluding carboxylic acids is 1. The molecular weight excluding hydrogens is 230 g/mol. The quantitative estimate of drug-likeness (QED) is 0.762. The zero-order valence-corrected chi connectivity index (χ0v) is 10.7. The van der Waals surface area contributed by atoms with Crippen LogP contribution in [0.3, 0.4) is 0 Å². The van der Waals surface area contributed by atoms with Gasteiger partial charge < -0.3 is 5.11 Å². The van der Waals surface area contributed by atoms with Crippen LogP contribution < -0.4 is 0 Å². The van der Waals surface area contributed by atoms with Crippen molar-refractivity contribution >= 4 is 15.9 Å². The van der Waals surface area contributed by atoms with E-state index >= 15 is 0 Å². The van der Waals surface area contributed by atoms with Gasteiger partial charge in [-0.2, -0.15) is 0 Å². The molecule has 0 aromatic carbocycles. The van der Waals surface area contributed by atoms with Crippen LogP contribution in [0.1, 0.15) is 33.6 Å². The van der Waals surface area contributed by atoms with Crippen molar-refractivity contribution in [3.05, 3.63) is 0 Å². The van der Waals surface area contributed by atoms with Crippen LogP contribution in [0, 0.1) is 5.92 Å². The van der Waals surface area contributed by atoms with E-state index in [2.05, 4.69) is 0 Å². The van der Waals surface area contributed by atoms with Gasteiger partial charge in [-0.05, 0) is 32.6 Å². The minimum absolute atomic E-state index is 0.0895. The number of sulfonamides is 1. The Bertz CT molecular complexity index is 374. The van der Waals surface area contributed by atoms with Crippen molar-refractivity contribution in [1.29, 1.82) is 0 Å². The topological polar surface area (TPSA) is 74.7 Å². The number of hydrogen-bond acceptors (Lipinski definition) is 4. The summed E-state index contributed by atoms with van der Waals surface area (Å²) in [4.78, 5) is 11.5. The van der Waals surface area contributed by atoms with Crippen LogP contribution in [-0.4, -0.2) is 41.6 Å². The molecule has 1 fully saturated rings. The van der Waals surface area contributed by atoms with Gasteiger partial charge in [0.2, 0.25) is 0 Å². The summed E-state index contributed by atoms with van der Waals surface area (Å²) in [5.74, 6) is -0.184. The Morgan fingerprint density at radius 3 is 2.44 bits per heavy atom. The zero-order valence-electron chi connectivity index (χ0n) is 9.93. The van der Waals surface area contributed by atoms with E-state index < -0.39 is 14.8 Å². The van der Waals surface area contributed by atoms with Crippen molar-refractivity contribution < 1.29 is 18.3 Å². The van der Waals surface area contributed by atoms with E-state index in [9.17, 15) is 13.2 Å². The average molecular weight is 249 g/mol. The van der Waals surface area contributed by atoms with Gasteiger partial charge in [0.25, 0.3) is 15.9 Å². The molecule has 0 spiro atoms. The second-order valence-electron chi connectivity index (χ2n) is 4.82. The highest BCUT2D eigenvalue weighted by Gasteiger charge is 2.59. The van der Waals surface area contributed by atoms with Gasteiger partial charge in [0.15, 0.2) is 4.75 Å². The van der Waals surface area contributed by atoms with Crippen molar-refractivity contribution in [2.45, 2.75) is 38.4 Å². The number of nitrogens with zero attached hydrogens (tertiary/aromatic N) is 1. The number of aliphatic hydroxyl groups excluding tert-OH is 1. The van der Waals surface area contributed by atoms with Gasteiger partial charge in [0.05, 0.1) is 0 Å². The summed E-state index contributed by atoms with van der Waals surface area (Å²) in [7, 11) is -3.43. The molecule has 94 valence electrons. The third kappa shape index (κ3) is 1.96. The highest BCUT2D eigenvalue weighted by atomic mass is 32.2. The lowest BCUT2D eigenvalue weighted by Gasteiger charge is -2.43. The van der Waals surface area contributed by atoms with Gasteiger partial charge in [0.1, 0.15) is 0 Å². The molecule has 1 heterocycles. The first-order chi connectivity index (χ1) is 7.25. The number of amides is 1. The second-order valence-corrected chi connectivity index (χ2v) is 7.23. The molecule has 5 nitrogen and oxygen atoms in total. The van der Waals surface area contributed by atoms with Crippen molar-refractivity contribution in [3.63, 3.8) is 0 Å². The van der Waals surface area contributed by atoms with E-state index in [1.807, 2.05) is 6.92 Å². The molecule has 0 radical (unpaired) electrons. The Hall–Kier alpha value is -0.620. The fraction of sp³-hybridized carbons (Fsp3) is 0.900. The lowest BCUT2D eigenvalue weighted by Crippen LogP contribution is -2.67. The van der Waals surface area contributed by atoms with E-state index in [1.165, 1.54) is 13.8 Å². The molecule has 1 rings (SSSR count). The predicted octanol–water partition coefficient (Wildman–Crippen LogP) is 0.346. The van der Waals surface area contributed by atoms with Gasteiger partial charge >= 0.3 is 0 Å². The van der Waals surface area contributed by atoms with Crippen LogP contribution in [0.25, 0.3) is 0 Å². The molecule has 1 aliphatic heterocycles. The Labute approximate surface area is 96.5 Å². The third-order valence-corrected chi connectivity index (χ3v) is 5.44. The second kappa shape index (κ2) is 4.33. The van der Waals surface area contributed by atoms with Crippen molar-refractivity contribution in [2.75, 3.05) is 13.2 Å². The molecule has 6 heteroatoms. The summed E-state index contributed by atoms with van der Waals surface area (Å²) in [6.45, 7) is 5.06. The standard InChI is InChI=1S/C10H19NO4S/c1-8(7-12)5-4-6-11-9(13)10(2,3)16(11,14)15/h8,12H,4-7H2,1-3H3. The summed E-state index contributed by atoms with van der Waals surface area (Å²) < 4.78 is 23.1. The first-order valence-electron chi connectivity index (χ1n) is 5.42. The molecule has 1 N–H and O–H groups in total.